The SMILES string of the molecule is CCc1ccc(CCOc2ccc(C[C@]3(C)SC(=O)NC3=O)cc2)nc1. The molecule has 1 atom stereocenters. The molecule has 5 nitrogen and oxygen atoms in total. The van der Waals surface area contributed by atoms with Gasteiger partial charge in [0, 0.05) is 18.3 Å². The van der Waals surface area contributed by atoms with E-state index in [9.17, 15) is 9.59 Å². The Balaban J connectivity index is 1.51. The molecule has 0 unspecified atom stereocenters. The van der Waals surface area contributed by atoms with Gasteiger partial charge in [0.2, 0.25) is 5.91 Å². The van der Waals surface area contributed by atoms with Crippen LogP contribution in [0.5, 0.6) is 5.75 Å². The number of carbonyl (C=O) groups is 2. The van der Waals surface area contributed by atoms with Gasteiger partial charge < -0.3 is 4.74 Å². The summed E-state index contributed by atoms with van der Waals surface area (Å²) in [7, 11) is 0. The predicted molar refractivity (Wildman–Crippen MR) is 102 cm³/mol. The summed E-state index contributed by atoms with van der Waals surface area (Å²) in [5.74, 6) is 0.554. The Morgan fingerprint density at radius 3 is 2.42 bits per heavy atom. The third-order valence-electron chi connectivity index (χ3n) is 4.40. The molecule has 136 valence electrons. The van der Waals surface area contributed by atoms with Crippen LogP contribution in [0.15, 0.2) is 42.6 Å². The van der Waals surface area contributed by atoms with Crippen LogP contribution in [0.3, 0.4) is 0 Å². The molecular formula is C20H22N2O3S. The molecule has 26 heavy (non-hydrogen) atoms. The molecule has 0 bridgehead atoms. The number of hydrogen-bond acceptors (Lipinski definition) is 5. The fourth-order valence-corrected chi connectivity index (χ4v) is 3.73. The van der Waals surface area contributed by atoms with Crippen molar-refractivity contribution in [1.82, 2.24) is 10.3 Å². The lowest BCUT2D eigenvalue weighted by Gasteiger charge is -2.18. The predicted octanol–water partition coefficient (Wildman–Crippen LogP) is 3.55. The summed E-state index contributed by atoms with van der Waals surface area (Å²) < 4.78 is 5.04. The van der Waals surface area contributed by atoms with E-state index < -0.39 is 4.75 Å². The monoisotopic (exact) mass is 370 g/mol. The van der Waals surface area contributed by atoms with Gasteiger partial charge in [-0.1, -0.05) is 25.1 Å². The number of nitrogens with one attached hydrogen (secondary N) is 1. The Bertz CT molecular complexity index is 790. The van der Waals surface area contributed by atoms with E-state index in [0.717, 1.165) is 41.6 Å². The van der Waals surface area contributed by atoms with Crippen molar-refractivity contribution in [2.75, 3.05) is 6.61 Å². The van der Waals surface area contributed by atoms with Crippen LogP contribution in [-0.4, -0.2) is 27.5 Å². The number of imide groups is 1. The molecule has 0 aliphatic carbocycles. The largest absolute Gasteiger partial charge is 0.493 e. The molecule has 1 fully saturated rings. The second-order valence-electron chi connectivity index (χ2n) is 6.51. The van der Waals surface area contributed by atoms with Crippen LogP contribution >= 0.6 is 11.8 Å². The summed E-state index contributed by atoms with van der Waals surface area (Å²) in [5.41, 5.74) is 3.24. The van der Waals surface area contributed by atoms with Crippen LogP contribution in [0.2, 0.25) is 0 Å². The van der Waals surface area contributed by atoms with Crippen LogP contribution < -0.4 is 10.1 Å². The summed E-state index contributed by atoms with van der Waals surface area (Å²) >= 11 is 1.05. The minimum Gasteiger partial charge on any atom is -0.493 e. The van der Waals surface area contributed by atoms with Crippen molar-refractivity contribution in [2.24, 2.45) is 0 Å². The molecule has 1 N–H and O–H groups in total. The first kappa shape index (κ1) is 18.5. The highest BCUT2D eigenvalue weighted by Crippen LogP contribution is 2.34. The van der Waals surface area contributed by atoms with E-state index in [2.05, 4.69) is 23.3 Å². The van der Waals surface area contributed by atoms with Crippen molar-refractivity contribution in [2.45, 2.75) is 37.9 Å². The Morgan fingerprint density at radius 1 is 1.12 bits per heavy atom. The molecule has 1 aliphatic rings. The number of pyridine rings is 1. The van der Waals surface area contributed by atoms with Gasteiger partial charge in [-0.25, -0.2) is 0 Å². The van der Waals surface area contributed by atoms with Gasteiger partial charge in [-0.2, -0.15) is 0 Å². The molecule has 1 aliphatic heterocycles. The first-order valence-corrected chi connectivity index (χ1v) is 9.50. The number of benzene rings is 1. The van der Waals surface area contributed by atoms with E-state index in [1.54, 1.807) is 6.92 Å². The molecule has 6 heteroatoms. The molecule has 3 rings (SSSR count). The average molecular weight is 370 g/mol. The van der Waals surface area contributed by atoms with Crippen molar-refractivity contribution in [1.29, 1.82) is 0 Å². The van der Waals surface area contributed by atoms with E-state index >= 15 is 0 Å². The van der Waals surface area contributed by atoms with Gasteiger partial charge in [0.05, 0.1) is 6.61 Å². The van der Waals surface area contributed by atoms with E-state index in [4.69, 9.17) is 4.74 Å². The normalized spacial score (nSPS) is 19.5. The highest BCUT2D eigenvalue weighted by atomic mass is 32.2. The molecule has 1 aromatic carbocycles. The molecule has 1 aromatic heterocycles. The molecule has 0 radical (unpaired) electrons. The lowest BCUT2D eigenvalue weighted by atomic mass is 9.99. The first-order valence-electron chi connectivity index (χ1n) is 8.68. The third kappa shape index (κ3) is 4.43. The highest BCUT2D eigenvalue weighted by molar-refractivity contribution is 8.16. The molecule has 2 heterocycles. The second-order valence-corrected chi connectivity index (χ2v) is 7.98. The van der Waals surface area contributed by atoms with Crippen LogP contribution in [0.25, 0.3) is 0 Å². The quantitative estimate of drug-likeness (QED) is 0.807. The fraction of sp³-hybridized carbons (Fsp3) is 0.350. The van der Waals surface area contributed by atoms with E-state index in [1.165, 1.54) is 5.56 Å². The van der Waals surface area contributed by atoms with E-state index in [-0.39, 0.29) is 11.1 Å². The smallest absolute Gasteiger partial charge is 0.286 e. The highest BCUT2D eigenvalue weighted by Gasteiger charge is 2.43. The number of nitrogens with zero attached hydrogens (tertiary/aromatic N) is 1. The van der Waals surface area contributed by atoms with Gasteiger partial charge in [0.15, 0.2) is 0 Å². The van der Waals surface area contributed by atoms with Gasteiger partial charge in [0.1, 0.15) is 10.5 Å². The maximum Gasteiger partial charge on any atom is 0.286 e. The molecule has 2 amide bonds. The minimum absolute atomic E-state index is 0.227. The fourth-order valence-electron chi connectivity index (χ4n) is 2.80. The van der Waals surface area contributed by atoms with Crippen molar-refractivity contribution >= 4 is 22.9 Å². The second kappa shape index (κ2) is 7.91. The summed E-state index contributed by atoms with van der Waals surface area (Å²) in [6.07, 6.45) is 4.15. The van der Waals surface area contributed by atoms with E-state index in [0.29, 0.717) is 13.0 Å². The van der Waals surface area contributed by atoms with E-state index in [1.807, 2.05) is 36.5 Å². The number of ether oxygens (including phenoxy) is 1. The average Bonchev–Trinajstić information content (AvgIpc) is 2.88. The van der Waals surface area contributed by atoms with Crippen molar-refractivity contribution in [3.63, 3.8) is 0 Å². The van der Waals surface area contributed by atoms with Crippen LogP contribution in [0.1, 0.15) is 30.7 Å². The summed E-state index contributed by atoms with van der Waals surface area (Å²) in [4.78, 5) is 27.7. The van der Waals surface area contributed by atoms with Crippen molar-refractivity contribution in [3.05, 3.63) is 59.4 Å². The van der Waals surface area contributed by atoms with Gasteiger partial charge in [-0.3, -0.25) is 19.9 Å². The van der Waals surface area contributed by atoms with Gasteiger partial charge in [-0.05, 0) is 60.9 Å². The van der Waals surface area contributed by atoms with Crippen molar-refractivity contribution in [3.8, 4) is 5.75 Å². The summed E-state index contributed by atoms with van der Waals surface area (Å²) in [5, 5.41) is 2.06. The molecule has 1 saturated heterocycles. The zero-order valence-electron chi connectivity index (χ0n) is 15.0. The minimum atomic E-state index is -0.740. The Morgan fingerprint density at radius 2 is 1.85 bits per heavy atom. The molecular weight excluding hydrogens is 348 g/mol. The van der Waals surface area contributed by atoms with Gasteiger partial charge >= 0.3 is 0 Å². The van der Waals surface area contributed by atoms with Gasteiger partial charge in [-0.15, -0.1) is 0 Å². The topological polar surface area (TPSA) is 68.3 Å². The lowest BCUT2D eigenvalue weighted by molar-refractivity contribution is -0.121. The standard InChI is InChI=1S/C20H22N2O3S/c1-3-14-4-7-16(21-13-14)10-11-25-17-8-5-15(6-9-17)12-20(2)18(23)22-19(24)26-20/h4-9,13H,3,10-12H2,1-2H3,(H,22,23,24)/t20-/m0/s1. The lowest BCUT2D eigenvalue weighted by Crippen LogP contribution is -2.35. The maximum absolute atomic E-state index is 11.9. The maximum atomic E-state index is 11.9. The first-order chi connectivity index (χ1) is 12.5. The Kier molecular flexibility index (Phi) is 5.61. The summed E-state index contributed by atoms with van der Waals surface area (Å²) in [6, 6.07) is 11.8. The third-order valence-corrected chi connectivity index (χ3v) is 5.47. The molecule has 0 saturated carbocycles. The Labute approximate surface area is 157 Å². The number of amides is 2. The Hall–Kier alpha value is -2.34. The van der Waals surface area contributed by atoms with Crippen LogP contribution in [-0.2, 0) is 24.1 Å². The van der Waals surface area contributed by atoms with Gasteiger partial charge in [0.25, 0.3) is 5.24 Å². The number of aromatic nitrogens is 1. The zero-order chi connectivity index (χ0) is 18.6. The number of thioether (sulfide) groups is 1. The molecule has 2 aromatic rings. The summed E-state index contributed by atoms with van der Waals surface area (Å²) in [6.45, 7) is 4.46. The number of aryl methyl sites for hydroxylation is 1. The number of rotatable bonds is 7. The number of carbonyl (C=O) groups excluding carboxylic acids is 2. The van der Waals surface area contributed by atoms with Crippen LogP contribution in [0.4, 0.5) is 4.79 Å². The number of hydrogen-bond donors (Lipinski definition) is 1. The van der Waals surface area contributed by atoms with Crippen LogP contribution in [0, 0.1) is 0 Å². The van der Waals surface area contributed by atoms with Crippen molar-refractivity contribution < 1.29 is 14.3 Å². The zero-order valence-corrected chi connectivity index (χ0v) is 15.8. The molecule has 0 spiro atoms.